The summed E-state index contributed by atoms with van der Waals surface area (Å²) in [5, 5.41) is 0. The molecule has 0 saturated carbocycles. The van der Waals surface area contributed by atoms with Gasteiger partial charge in [0.2, 0.25) is 0 Å². The van der Waals surface area contributed by atoms with Gasteiger partial charge >= 0.3 is 5.97 Å². The van der Waals surface area contributed by atoms with Crippen molar-refractivity contribution in [3.63, 3.8) is 0 Å². The number of ether oxygens (including phenoxy) is 1. The number of carbonyl (C=O) groups is 1. The van der Waals surface area contributed by atoms with Crippen LogP contribution in [0.15, 0.2) is 22.7 Å². The molecule has 1 rings (SSSR count). The van der Waals surface area contributed by atoms with Crippen molar-refractivity contribution < 1.29 is 9.53 Å². The summed E-state index contributed by atoms with van der Waals surface area (Å²) in [5.41, 5.74) is 1.89. The number of hydrogen-bond acceptors (Lipinski definition) is 2. The second kappa shape index (κ2) is 4.83. The van der Waals surface area contributed by atoms with Crippen molar-refractivity contribution in [2.45, 2.75) is 6.92 Å². The van der Waals surface area contributed by atoms with E-state index < -0.39 is 5.97 Å². The first kappa shape index (κ1) is 10.8. The molecule has 0 heterocycles. The van der Waals surface area contributed by atoms with Gasteiger partial charge in [0.25, 0.3) is 0 Å². The van der Waals surface area contributed by atoms with Crippen LogP contribution < -0.4 is 0 Å². The summed E-state index contributed by atoms with van der Waals surface area (Å²) in [4.78, 5) is 10.7. The van der Waals surface area contributed by atoms with Gasteiger partial charge < -0.3 is 4.74 Å². The summed E-state index contributed by atoms with van der Waals surface area (Å²) < 4.78 is 5.36. The molecule has 3 heteroatoms. The third-order valence-electron chi connectivity index (χ3n) is 1.54. The van der Waals surface area contributed by atoms with Gasteiger partial charge in [0.1, 0.15) is 0 Å². The van der Waals surface area contributed by atoms with Crippen LogP contribution in [0.5, 0.6) is 0 Å². The largest absolute Gasteiger partial charge is 0.459 e. The molecule has 2 nitrogen and oxygen atoms in total. The van der Waals surface area contributed by atoms with Crippen molar-refractivity contribution in [1.29, 1.82) is 0 Å². The predicted molar refractivity (Wildman–Crippen MR) is 57.8 cm³/mol. The molecular weight excluding hydrogens is 244 g/mol. The number of aryl methyl sites for hydroxylation is 1. The first-order valence-electron chi connectivity index (χ1n) is 3.99. The Bertz CT molecular complexity index is 393. The molecule has 0 aliphatic rings. The molecule has 0 aliphatic carbocycles. The van der Waals surface area contributed by atoms with Crippen LogP contribution in [-0.4, -0.2) is 13.1 Å². The van der Waals surface area contributed by atoms with E-state index in [2.05, 4.69) is 32.5 Å². The van der Waals surface area contributed by atoms with E-state index in [1.54, 1.807) is 0 Å². The second-order valence-corrected chi connectivity index (χ2v) is 3.67. The van der Waals surface area contributed by atoms with Gasteiger partial charge in [0, 0.05) is 16.0 Å². The van der Waals surface area contributed by atoms with Crippen molar-refractivity contribution in [2.75, 3.05) is 7.11 Å². The van der Waals surface area contributed by atoms with Gasteiger partial charge in [-0.3, -0.25) is 0 Å². The zero-order valence-corrected chi connectivity index (χ0v) is 9.51. The molecule has 0 fully saturated rings. The van der Waals surface area contributed by atoms with Gasteiger partial charge in [-0.05, 0) is 30.7 Å². The zero-order chi connectivity index (χ0) is 10.6. The smallest absolute Gasteiger partial charge is 0.384 e. The summed E-state index contributed by atoms with van der Waals surface area (Å²) in [6.07, 6.45) is 0. The lowest BCUT2D eigenvalue weighted by Gasteiger charge is -1.95. The number of rotatable bonds is 0. The van der Waals surface area contributed by atoms with E-state index in [4.69, 9.17) is 0 Å². The quantitative estimate of drug-likeness (QED) is 0.523. The Labute approximate surface area is 91.4 Å². The number of esters is 1. The minimum Gasteiger partial charge on any atom is -0.459 e. The van der Waals surface area contributed by atoms with Crippen LogP contribution in [0.1, 0.15) is 11.1 Å². The maximum atomic E-state index is 10.7. The highest BCUT2D eigenvalue weighted by molar-refractivity contribution is 9.10. The Morgan fingerprint density at radius 3 is 2.71 bits per heavy atom. The zero-order valence-electron chi connectivity index (χ0n) is 7.93. The second-order valence-electron chi connectivity index (χ2n) is 2.76. The van der Waals surface area contributed by atoms with Crippen LogP contribution in [0.2, 0.25) is 0 Å². The van der Waals surface area contributed by atoms with Crippen molar-refractivity contribution in [3.8, 4) is 11.8 Å². The van der Waals surface area contributed by atoms with Crippen LogP contribution >= 0.6 is 15.9 Å². The van der Waals surface area contributed by atoms with Crippen LogP contribution in [-0.2, 0) is 9.53 Å². The number of hydrogen-bond donors (Lipinski definition) is 0. The predicted octanol–water partition coefficient (Wildman–Crippen LogP) is 2.28. The molecule has 72 valence electrons. The maximum absolute atomic E-state index is 10.7. The molecule has 0 saturated heterocycles. The van der Waals surface area contributed by atoms with Gasteiger partial charge in [0.05, 0.1) is 7.11 Å². The number of halogens is 1. The fourth-order valence-corrected chi connectivity index (χ4v) is 1.59. The average Bonchev–Trinajstić information content (AvgIpc) is 2.12. The number of carbonyl (C=O) groups excluding carboxylic acids is 1. The van der Waals surface area contributed by atoms with E-state index >= 15 is 0 Å². The van der Waals surface area contributed by atoms with Gasteiger partial charge in [-0.2, -0.15) is 0 Å². The molecule has 0 bridgehead atoms. The first-order chi connectivity index (χ1) is 6.61. The highest BCUT2D eigenvalue weighted by Crippen LogP contribution is 2.14. The Hall–Kier alpha value is -1.27. The molecule has 0 spiro atoms. The monoisotopic (exact) mass is 252 g/mol. The molecule has 0 aromatic heterocycles. The third kappa shape index (κ3) is 3.23. The third-order valence-corrected chi connectivity index (χ3v) is 1.99. The van der Waals surface area contributed by atoms with Crippen LogP contribution in [0.25, 0.3) is 0 Å². The van der Waals surface area contributed by atoms with Crippen LogP contribution in [0.3, 0.4) is 0 Å². The van der Waals surface area contributed by atoms with E-state index in [0.717, 1.165) is 15.6 Å². The standard InChI is InChI=1S/C11H9BrO2/c1-8-5-9(7-10(12)6-8)3-4-11(13)14-2/h5-7H,1-2H3. The Balaban J connectivity index is 2.95. The minimum atomic E-state index is -0.525. The summed E-state index contributed by atoms with van der Waals surface area (Å²) in [5.74, 6) is 4.57. The van der Waals surface area contributed by atoms with E-state index in [0.29, 0.717) is 0 Å². The number of methoxy groups -OCH3 is 1. The first-order valence-corrected chi connectivity index (χ1v) is 4.78. The van der Waals surface area contributed by atoms with Crippen LogP contribution in [0.4, 0.5) is 0 Å². The molecule has 0 N–H and O–H groups in total. The minimum absolute atomic E-state index is 0.525. The molecule has 0 unspecified atom stereocenters. The topological polar surface area (TPSA) is 26.3 Å². The Morgan fingerprint density at radius 1 is 1.43 bits per heavy atom. The maximum Gasteiger partial charge on any atom is 0.384 e. The van der Waals surface area contributed by atoms with Gasteiger partial charge in [-0.15, -0.1) is 0 Å². The molecule has 0 atom stereocenters. The summed E-state index contributed by atoms with van der Waals surface area (Å²) in [6.45, 7) is 1.97. The van der Waals surface area contributed by atoms with E-state index in [-0.39, 0.29) is 0 Å². The van der Waals surface area contributed by atoms with Crippen molar-refractivity contribution in [2.24, 2.45) is 0 Å². The average molecular weight is 253 g/mol. The van der Waals surface area contributed by atoms with Crippen LogP contribution in [0, 0.1) is 18.8 Å². The SMILES string of the molecule is COC(=O)C#Cc1cc(C)cc(Br)c1. The van der Waals surface area contributed by atoms with E-state index in [1.165, 1.54) is 7.11 Å². The normalized spacial score (nSPS) is 8.79. The molecule has 1 aromatic carbocycles. The fourth-order valence-electron chi connectivity index (χ4n) is 0.983. The van der Waals surface area contributed by atoms with Gasteiger partial charge in [-0.1, -0.05) is 21.9 Å². The number of benzene rings is 1. The molecule has 0 radical (unpaired) electrons. The summed E-state index contributed by atoms with van der Waals surface area (Å²) >= 11 is 3.35. The van der Waals surface area contributed by atoms with Crippen molar-refractivity contribution >= 4 is 21.9 Å². The summed E-state index contributed by atoms with van der Waals surface area (Å²) in [6, 6.07) is 5.73. The molecule has 1 aromatic rings. The van der Waals surface area contributed by atoms with Gasteiger partial charge in [0.15, 0.2) is 0 Å². The highest BCUT2D eigenvalue weighted by atomic mass is 79.9. The highest BCUT2D eigenvalue weighted by Gasteiger charge is 1.94. The van der Waals surface area contributed by atoms with E-state index in [1.807, 2.05) is 25.1 Å². The summed E-state index contributed by atoms with van der Waals surface area (Å²) in [7, 11) is 1.31. The lowest BCUT2D eigenvalue weighted by molar-refractivity contribution is -0.133. The molecule has 0 aliphatic heterocycles. The Morgan fingerprint density at radius 2 is 2.14 bits per heavy atom. The van der Waals surface area contributed by atoms with Gasteiger partial charge in [-0.25, -0.2) is 4.79 Å². The lowest BCUT2D eigenvalue weighted by Crippen LogP contribution is -1.94. The van der Waals surface area contributed by atoms with Crippen molar-refractivity contribution in [1.82, 2.24) is 0 Å². The fraction of sp³-hybridized carbons (Fsp3) is 0.182. The molecular formula is C11H9BrO2. The van der Waals surface area contributed by atoms with E-state index in [9.17, 15) is 4.79 Å². The molecule has 0 amide bonds. The lowest BCUT2D eigenvalue weighted by atomic mass is 10.1. The Kier molecular flexibility index (Phi) is 3.73. The molecule has 14 heavy (non-hydrogen) atoms. The van der Waals surface area contributed by atoms with Crippen molar-refractivity contribution in [3.05, 3.63) is 33.8 Å².